The number of ether oxygens (including phenoxy) is 1. The molecule has 3 atom stereocenters. The molecule has 0 aliphatic carbocycles. The van der Waals surface area contributed by atoms with Crippen LogP contribution in [-0.4, -0.2) is 34.6 Å². The Morgan fingerprint density at radius 3 is 2.40 bits per heavy atom. The molecular weight excluding hydrogens is 624 g/mol. The SMILES string of the molecule is COc1ccc(N2C(=O)C3Sc4c(sc(=O)n4CC(=O)Nc4ccc(F)cc4)C(c4cccc(Cl)c4Cl)C3C2=O)cc1. The fraction of sp³-hybridized carbons (Fsp3) is 0.172. The van der Waals surface area contributed by atoms with Crippen molar-refractivity contribution in [3.63, 3.8) is 0 Å². The van der Waals surface area contributed by atoms with Gasteiger partial charge >= 0.3 is 4.87 Å². The molecule has 3 aromatic carbocycles. The van der Waals surface area contributed by atoms with Crippen molar-refractivity contribution >= 4 is 75.4 Å². The third-order valence-corrected chi connectivity index (χ3v) is 10.6. The lowest BCUT2D eigenvalue weighted by Crippen LogP contribution is -2.33. The summed E-state index contributed by atoms with van der Waals surface area (Å²) in [6.45, 7) is -0.354. The zero-order valence-corrected chi connectivity index (χ0v) is 24.8. The summed E-state index contributed by atoms with van der Waals surface area (Å²) in [5, 5.41) is 2.64. The van der Waals surface area contributed by atoms with E-state index < -0.39 is 45.5 Å². The maximum atomic E-state index is 14.0. The number of rotatable bonds is 6. The van der Waals surface area contributed by atoms with Gasteiger partial charge in [-0.1, -0.05) is 58.4 Å². The minimum Gasteiger partial charge on any atom is -0.497 e. The predicted molar refractivity (Wildman–Crippen MR) is 161 cm³/mol. The highest BCUT2D eigenvalue weighted by Gasteiger charge is 2.57. The molecule has 42 heavy (non-hydrogen) atoms. The first-order valence-corrected chi connectivity index (χ1v) is 15.0. The molecule has 0 bridgehead atoms. The molecule has 1 saturated heterocycles. The van der Waals surface area contributed by atoms with Gasteiger partial charge in [-0.25, -0.2) is 9.29 Å². The van der Waals surface area contributed by atoms with Crippen LogP contribution in [0.5, 0.6) is 5.75 Å². The highest BCUT2D eigenvalue weighted by atomic mass is 35.5. The number of hydrogen-bond acceptors (Lipinski definition) is 7. The van der Waals surface area contributed by atoms with Crippen LogP contribution in [0.25, 0.3) is 0 Å². The number of fused-ring (bicyclic) bond motifs is 2. The molecule has 13 heteroatoms. The Hall–Kier alpha value is -3.64. The summed E-state index contributed by atoms with van der Waals surface area (Å²) >= 11 is 15.0. The molecule has 8 nitrogen and oxygen atoms in total. The number of carbonyl (C=O) groups excluding carboxylic acids is 3. The maximum absolute atomic E-state index is 14.0. The quantitative estimate of drug-likeness (QED) is 0.267. The van der Waals surface area contributed by atoms with Crippen molar-refractivity contribution in [1.29, 1.82) is 0 Å². The van der Waals surface area contributed by atoms with E-state index in [9.17, 15) is 23.6 Å². The van der Waals surface area contributed by atoms with Gasteiger partial charge in [0, 0.05) is 16.5 Å². The van der Waals surface area contributed by atoms with Crippen LogP contribution in [0.4, 0.5) is 15.8 Å². The standard InChI is InChI=1S/C29H20Cl2FN3O5S2/c1-40-17-11-9-16(10-12-17)35-26(37)22-21(18-3-2-4-19(30)23(18)31)25-28(41-24(22)27(35)38)34(29(39)42-25)13-20(36)33-15-7-5-14(32)6-8-15/h2-12,21-22,24H,13H2,1H3,(H,33,36). The predicted octanol–water partition coefficient (Wildman–Crippen LogP) is 5.80. The smallest absolute Gasteiger partial charge is 0.308 e. The van der Waals surface area contributed by atoms with Crippen LogP contribution < -0.4 is 19.8 Å². The van der Waals surface area contributed by atoms with Gasteiger partial charge < -0.3 is 10.1 Å². The van der Waals surface area contributed by atoms with Crippen LogP contribution >= 0.6 is 46.3 Å². The van der Waals surface area contributed by atoms with E-state index in [1.807, 2.05) is 0 Å². The summed E-state index contributed by atoms with van der Waals surface area (Å²) < 4.78 is 19.8. The molecule has 4 aromatic rings. The topological polar surface area (TPSA) is 97.7 Å². The van der Waals surface area contributed by atoms with Gasteiger partial charge in [-0.05, 0) is 60.2 Å². The van der Waals surface area contributed by atoms with Gasteiger partial charge in [-0.15, -0.1) is 0 Å². The zero-order valence-electron chi connectivity index (χ0n) is 21.7. The molecule has 214 valence electrons. The van der Waals surface area contributed by atoms with Crippen molar-refractivity contribution < 1.29 is 23.5 Å². The molecule has 1 N–H and O–H groups in total. The van der Waals surface area contributed by atoms with Crippen LogP contribution in [0.3, 0.4) is 0 Å². The van der Waals surface area contributed by atoms with E-state index in [2.05, 4.69) is 5.32 Å². The molecule has 3 heterocycles. The first-order chi connectivity index (χ1) is 20.2. The molecule has 1 aromatic heterocycles. The number of aromatic nitrogens is 1. The summed E-state index contributed by atoms with van der Waals surface area (Å²) in [6, 6.07) is 16.8. The summed E-state index contributed by atoms with van der Waals surface area (Å²) in [5.74, 6) is -2.93. The Bertz CT molecular complexity index is 1790. The van der Waals surface area contributed by atoms with Crippen molar-refractivity contribution in [2.45, 2.75) is 22.7 Å². The third-order valence-electron chi connectivity index (χ3n) is 7.13. The minimum atomic E-state index is -0.896. The number of halogens is 3. The van der Waals surface area contributed by atoms with E-state index in [-0.39, 0.29) is 16.6 Å². The number of imide groups is 1. The fourth-order valence-electron chi connectivity index (χ4n) is 5.21. The highest BCUT2D eigenvalue weighted by molar-refractivity contribution is 8.00. The molecule has 2 aliphatic rings. The first-order valence-electron chi connectivity index (χ1n) is 12.6. The molecule has 0 radical (unpaired) electrons. The second kappa shape index (κ2) is 11.2. The average molecular weight is 645 g/mol. The Morgan fingerprint density at radius 2 is 1.71 bits per heavy atom. The van der Waals surface area contributed by atoms with Gasteiger partial charge in [0.05, 0.1) is 33.8 Å². The van der Waals surface area contributed by atoms with Crippen molar-refractivity contribution in [3.8, 4) is 5.75 Å². The van der Waals surface area contributed by atoms with E-state index in [0.717, 1.165) is 28.0 Å². The van der Waals surface area contributed by atoms with Crippen LogP contribution in [-0.2, 0) is 20.9 Å². The average Bonchev–Trinajstić information content (AvgIpc) is 3.42. The van der Waals surface area contributed by atoms with Gasteiger partial charge in [-0.2, -0.15) is 0 Å². The van der Waals surface area contributed by atoms with Gasteiger partial charge in [0.25, 0.3) is 0 Å². The fourth-order valence-corrected chi connectivity index (χ4v) is 8.40. The second-order valence-corrected chi connectivity index (χ2v) is 12.5. The molecule has 1 fully saturated rings. The number of amides is 3. The molecule has 0 saturated carbocycles. The van der Waals surface area contributed by atoms with Crippen molar-refractivity contribution in [2.24, 2.45) is 5.92 Å². The second-order valence-electron chi connectivity index (χ2n) is 9.57. The van der Waals surface area contributed by atoms with E-state index >= 15 is 0 Å². The number of anilines is 2. The number of methoxy groups -OCH3 is 1. The third kappa shape index (κ3) is 4.90. The Balaban J connectivity index is 1.42. The van der Waals surface area contributed by atoms with E-state index in [1.54, 1.807) is 42.5 Å². The molecule has 0 spiro atoms. The first kappa shape index (κ1) is 28.5. The van der Waals surface area contributed by atoms with Crippen LogP contribution in [0.2, 0.25) is 10.0 Å². The normalized spacial score (nSPS) is 19.4. The lowest BCUT2D eigenvalue weighted by molar-refractivity contribution is -0.122. The summed E-state index contributed by atoms with van der Waals surface area (Å²) in [4.78, 5) is 55.3. The van der Waals surface area contributed by atoms with Gasteiger partial charge in [0.1, 0.15) is 23.4 Å². The van der Waals surface area contributed by atoms with Crippen LogP contribution in [0, 0.1) is 11.7 Å². The monoisotopic (exact) mass is 643 g/mol. The Morgan fingerprint density at radius 1 is 1.00 bits per heavy atom. The van der Waals surface area contributed by atoms with E-state index in [1.165, 1.54) is 35.9 Å². The maximum Gasteiger partial charge on any atom is 0.308 e. The number of nitrogens with one attached hydrogen (secondary N) is 1. The van der Waals surface area contributed by atoms with Crippen molar-refractivity contribution in [2.75, 3.05) is 17.3 Å². The lowest BCUT2D eigenvalue weighted by Gasteiger charge is -2.31. The highest BCUT2D eigenvalue weighted by Crippen LogP contribution is 2.55. The number of carbonyl (C=O) groups is 3. The number of thiazole rings is 1. The molecule has 6 rings (SSSR count). The van der Waals surface area contributed by atoms with Gasteiger partial charge in [0.2, 0.25) is 17.7 Å². The molecule has 2 aliphatic heterocycles. The van der Waals surface area contributed by atoms with Gasteiger partial charge in [0.15, 0.2) is 0 Å². The lowest BCUT2D eigenvalue weighted by atomic mass is 9.83. The Kier molecular flexibility index (Phi) is 7.61. The van der Waals surface area contributed by atoms with Crippen molar-refractivity contribution in [3.05, 3.63) is 103 Å². The van der Waals surface area contributed by atoms with Gasteiger partial charge in [-0.3, -0.25) is 23.7 Å². The zero-order chi connectivity index (χ0) is 29.7. The Labute approximate surface area is 257 Å². The number of nitrogens with zero attached hydrogens (tertiary/aromatic N) is 2. The summed E-state index contributed by atoms with van der Waals surface area (Å²) in [5.41, 5.74) is 1.25. The molecular formula is C29H20Cl2FN3O5S2. The van der Waals surface area contributed by atoms with E-state index in [0.29, 0.717) is 32.6 Å². The molecule has 3 amide bonds. The largest absolute Gasteiger partial charge is 0.497 e. The summed E-state index contributed by atoms with van der Waals surface area (Å²) in [6.07, 6.45) is 0. The number of hydrogen-bond donors (Lipinski definition) is 1. The number of benzene rings is 3. The van der Waals surface area contributed by atoms with Crippen LogP contribution in [0.1, 0.15) is 16.4 Å². The number of thioether (sulfide) groups is 1. The molecule has 3 unspecified atom stereocenters. The van der Waals surface area contributed by atoms with E-state index in [4.69, 9.17) is 27.9 Å². The summed E-state index contributed by atoms with van der Waals surface area (Å²) in [7, 11) is 1.52. The van der Waals surface area contributed by atoms with Crippen LogP contribution in [0.15, 0.2) is 76.6 Å². The minimum absolute atomic E-state index is 0.213. The van der Waals surface area contributed by atoms with Crippen molar-refractivity contribution in [1.82, 2.24) is 4.57 Å².